The van der Waals surface area contributed by atoms with Crippen molar-refractivity contribution in [1.82, 2.24) is 15.0 Å². The number of nitrogens with zero attached hydrogens (tertiary/aromatic N) is 3. The van der Waals surface area contributed by atoms with Gasteiger partial charge in [-0.1, -0.05) is 35.5 Å². The number of halogens is 1. The fourth-order valence-corrected chi connectivity index (χ4v) is 2.41. The standard InChI is InChI=1S/C18H16FN3O2/c1-22-17(9-13-5-3-2-4-6-13)16(20-21-22)12-24-18-10-15(19)8-7-14(18)11-23/h2-8,10-11H,9,12H2,1H3. The van der Waals surface area contributed by atoms with Crippen LogP contribution in [0.2, 0.25) is 0 Å². The monoisotopic (exact) mass is 325 g/mol. The quantitative estimate of drug-likeness (QED) is 0.654. The van der Waals surface area contributed by atoms with Crippen LogP contribution in [0.4, 0.5) is 4.39 Å². The van der Waals surface area contributed by atoms with Crippen molar-refractivity contribution in [3.8, 4) is 5.75 Å². The van der Waals surface area contributed by atoms with E-state index in [1.165, 1.54) is 18.2 Å². The Morgan fingerprint density at radius 1 is 1.21 bits per heavy atom. The third kappa shape index (κ3) is 3.48. The van der Waals surface area contributed by atoms with Gasteiger partial charge in [-0.25, -0.2) is 4.39 Å². The number of aldehydes is 1. The van der Waals surface area contributed by atoms with E-state index in [2.05, 4.69) is 10.3 Å². The summed E-state index contributed by atoms with van der Waals surface area (Å²) in [4.78, 5) is 11.0. The zero-order chi connectivity index (χ0) is 16.9. The van der Waals surface area contributed by atoms with Gasteiger partial charge in [-0.05, 0) is 17.7 Å². The Bertz CT molecular complexity index is 847. The maximum absolute atomic E-state index is 13.4. The largest absolute Gasteiger partial charge is 0.486 e. The number of aryl methyl sites for hydroxylation is 1. The molecule has 0 saturated carbocycles. The van der Waals surface area contributed by atoms with Crippen LogP contribution in [-0.4, -0.2) is 21.3 Å². The van der Waals surface area contributed by atoms with Crippen molar-refractivity contribution in [3.63, 3.8) is 0 Å². The fraction of sp³-hybridized carbons (Fsp3) is 0.167. The van der Waals surface area contributed by atoms with Crippen LogP contribution in [0.15, 0.2) is 48.5 Å². The Morgan fingerprint density at radius 2 is 2.00 bits per heavy atom. The highest BCUT2D eigenvalue weighted by Crippen LogP contribution is 2.20. The van der Waals surface area contributed by atoms with Gasteiger partial charge in [0.1, 0.15) is 23.9 Å². The molecule has 0 saturated heterocycles. The molecule has 5 nitrogen and oxygen atoms in total. The summed E-state index contributed by atoms with van der Waals surface area (Å²) < 4.78 is 20.6. The number of carbonyl (C=O) groups is 1. The van der Waals surface area contributed by atoms with Crippen LogP contribution in [0.3, 0.4) is 0 Å². The van der Waals surface area contributed by atoms with Crippen LogP contribution in [-0.2, 0) is 20.1 Å². The SMILES string of the molecule is Cn1nnc(COc2cc(F)ccc2C=O)c1Cc1ccccc1. The molecule has 24 heavy (non-hydrogen) atoms. The lowest BCUT2D eigenvalue weighted by Gasteiger charge is -2.09. The van der Waals surface area contributed by atoms with Crippen molar-refractivity contribution >= 4 is 6.29 Å². The predicted molar refractivity (Wildman–Crippen MR) is 86.4 cm³/mol. The van der Waals surface area contributed by atoms with Gasteiger partial charge in [0.25, 0.3) is 0 Å². The van der Waals surface area contributed by atoms with E-state index in [4.69, 9.17) is 4.74 Å². The summed E-state index contributed by atoms with van der Waals surface area (Å²) in [7, 11) is 1.81. The number of carbonyl (C=O) groups excluding carboxylic acids is 1. The van der Waals surface area contributed by atoms with Crippen molar-refractivity contribution in [2.24, 2.45) is 7.05 Å². The zero-order valence-corrected chi connectivity index (χ0v) is 13.1. The molecule has 0 atom stereocenters. The highest BCUT2D eigenvalue weighted by Gasteiger charge is 2.13. The van der Waals surface area contributed by atoms with E-state index in [9.17, 15) is 9.18 Å². The molecule has 2 aromatic carbocycles. The average Bonchev–Trinajstić information content (AvgIpc) is 2.94. The van der Waals surface area contributed by atoms with Crippen molar-refractivity contribution in [2.45, 2.75) is 13.0 Å². The van der Waals surface area contributed by atoms with Crippen LogP contribution >= 0.6 is 0 Å². The molecule has 0 N–H and O–H groups in total. The molecule has 1 heterocycles. The molecule has 0 bridgehead atoms. The van der Waals surface area contributed by atoms with Gasteiger partial charge in [0, 0.05) is 19.5 Å². The fourth-order valence-electron chi connectivity index (χ4n) is 2.41. The number of benzene rings is 2. The highest BCUT2D eigenvalue weighted by atomic mass is 19.1. The smallest absolute Gasteiger partial charge is 0.153 e. The summed E-state index contributed by atoms with van der Waals surface area (Å²) >= 11 is 0. The van der Waals surface area contributed by atoms with Gasteiger partial charge in [0.15, 0.2) is 6.29 Å². The normalized spacial score (nSPS) is 10.6. The molecule has 0 spiro atoms. The van der Waals surface area contributed by atoms with Gasteiger partial charge in [-0.3, -0.25) is 9.48 Å². The third-order valence-electron chi connectivity index (χ3n) is 3.70. The van der Waals surface area contributed by atoms with Crippen molar-refractivity contribution < 1.29 is 13.9 Å². The first-order valence-electron chi connectivity index (χ1n) is 7.46. The van der Waals surface area contributed by atoms with E-state index in [-0.39, 0.29) is 12.4 Å². The second-order valence-corrected chi connectivity index (χ2v) is 5.36. The van der Waals surface area contributed by atoms with E-state index in [0.717, 1.165) is 11.3 Å². The van der Waals surface area contributed by atoms with E-state index in [0.29, 0.717) is 24.0 Å². The second kappa shape index (κ2) is 7.04. The number of hydrogen-bond donors (Lipinski definition) is 0. The number of rotatable bonds is 6. The lowest BCUT2D eigenvalue weighted by molar-refractivity contribution is 0.111. The predicted octanol–water partition coefficient (Wildman–Crippen LogP) is 2.94. The average molecular weight is 325 g/mol. The molecule has 3 rings (SSSR count). The molecule has 0 fully saturated rings. The molecule has 0 aliphatic rings. The van der Waals surface area contributed by atoms with Crippen LogP contribution in [0.5, 0.6) is 5.75 Å². The molecular weight excluding hydrogens is 309 g/mol. The minimum Gasteiger partial charge on any atom is -0.486 e. The van der Waals surface area contributed by atoms with E-state index in [1.807, 2.05) is 37.4 Å². The summed E-state index contributed by atoms with van der Waals surface area (Å²) in [5.41, 5.74) is 2.99. The molecular formula is C18H16FN3O2. The van der Waals surface area contributed by atoms with Gasteiger partial charge in [-0.15, -0.1) is 5.10 Å². The molecule has 0 aliphatic carbocycles. The van der Waals surface area contributed by atoms with Gasteiger partial charge >= 0.3 is 0 Å². The number of ether oxygens (including phenoxy) is 1. The highest BCUT2D eigenvalue weighted by molar-refractivity contribution is 5.79. The summed E-state index contributed by atoms with van der Waals surface area (Å²) in [6.45, 7) is 0.111. The number of hydrogen-bond acceptors (Lipinski definition) is 4. The van der Waals surface area contributed by atoms with E-state index in [1.54, 1.807) is 4.68 Å². The molecule has 6 heteroatoms. The van der Waals surface area contributed by atoms with E-state index < -0.39 is 5.82 Å². The molecule has 1 aromatic heterocycles. The molecule has 0 unspecified atom stereocenters. The zero-order valence-electron chi connectivity index (χ0n) is 13.1. The number of aromatic nitrogens is 3. The topological polar surface area (TPSA) is 57.0 Å². The molecule has 3 aromatic rings. The Balaban J connectivity index is 1.79. The van der Waals surface area contributed by atoms with Gasteiger partial charge in [0.05, 0.1) is 11.3 Å². The first-order chi connectivity index (χ1) is 11.7. The second-order valence-electron chi connectivity index (χ2n) is 5.36. The minimum atomic E-state index is -0.459. The summed E-state index contributed by atoms with van der Waals surface area (Å²) in [5, 5.41) is 8.14. The first kappa shape index (κ1) is 15.9. The molecule has 0 aliphatic heterocycles. The summed E-state index contributed by atoms with van der Waals surface area (Å²) in [6.07, 6.45) is 1.29. The minimum absolute atomic E-state index is 0.111. The van der Waals surface area contributed by atoms with Crippen molar-refractivity contribution in [3.05, 3.63) is 76.9 Å². The summed E-state index contributed by atoms with van der Waals surface area (Å²) in [6, 6.07) is 13.7. The maximum Gasteiger partial charge on any atom is 0.153 e. The van der Waals surface area contributed by atoms with Gasteiger partial charge < -0.3 is 4.74 Å². The third-order valence-corrected chi connectivity index (χ3v) is 3.70. The Hall–Kier alpha value is -3.02. The summed E-state index contributed by atoms with van der Waals surface area (Å²) in [5.74, 6) is -0.263. The lowest BCUT2D eigenvalue weighted by atomic mass is 10.1. The van der Waals surface area contributed by atoms with Crippen molar-refractivity contribution in [2.75, 3.05) is 0 Å². The Morgan fingerprint density at radius 3 is 2.75 bits per heavy atom. The Kier molecular flexibility index (Phi) is 4.65. The molecule has 0 radical (unpaired) electrons. The van der Waals surface area contributed by atoms with Crippen molar-refractivity contribution in [1.29, 1.82) is 0 Å². The van der Waals surface area contributed by atoms with Crippen LogP contribution in [0, 0.1) is 5.82 Å². The van der Waals surface area contributed by atoms with Crippen LogP contribution in [0.1, 0.15) is 27.3 Å². The first-order valence-corrected chi connectivity index (χ1v) is 7.46. The van der Waals surface area contributed by atoms with Gasteiger partial charge in [-0.2, -0.15) is 0 Å². The molecule has 122 valence electrons. The maximum atomic E-state index is 13.4. The Labute approximate surface area is 138 Å². The molecule has 0 amide bonds. The van der Waals surface area contributed by atoms with E-state index >= 15 is 0 Å². The van der Waals surface area contributed by atoms with Crippen LogP contribution in [0.25, 0.3) is 0 Å². The van der Waals surface area contributed by atoms with Crippen LogP contribution < -0.4 is 4.74 Å². The van der Waals surface area contributed by atoms with Gasteiger partial charge in [0.2, 0.25) is 0 Å². The lowest BCUT2D eigenvalue weighted by Crippen LogP contribution is -2.05.